The first-order chi connectivity index (χ1) is 8.15. The van der Waals surface area contributed by atoms with Crippen molar-refractivity contribution in [2.75, 3.05) is 11.1 Å². The third-order valence-corrected chi connectivity index (χ3v) is 2.40. The van der Waals surface area contributed by atoms with Gasteiger partial charge in [0, 0.05) is 24.0 Å². The second kappa shape index (κ2) is 4.82. The van der Waals surface area contributed by atoms with E-state index in [1.54, 1.807) is 12.1 Å². The first-order valence-electron chi connectivity index (χ1n) is 5.18. The topological polar surface area (TPSA) is 38.0 Å². The summed E-state index contributed by atoms with van der Waals surface area (Å²) < 4.78 is 25.6. The maximum Gasteiger partial charge on any atom is 0.160 e. The summed E-state index contributed by atoms with van der Waals surface area (Å²) >= 11 is 0. The van der Waals surface area contributed by atoms with E-state index >= 15 is 0 Å². The van der Waals surface area contributed by atoms with Crippen LogP contribution in [0.5, 0.6) is 0 Å². The molecule has 2 rings (SSSR count). The molecular weight excluding hydrogens is 222 g/mol. The van der Waals surface area contributed by atoms with Crippen molar-refractivity contribution in [3.05, 3.63) is 59.7 Å². The maximum atomic E-state index is 12.9. The molecule has 0 heterocycles. The molecular formula is C13H12F2N2. The first-order valence-corrected chi connectivity index (χ1v) is 5.18. The highest BCUT2D eigenvalue weighted by molar-refractivity contribution is 5.45. The number of nitrogens with one attached hydrogen (secondary N) is 1. The Labute approximate surface area is 98.1 Å². The lowest BCUT2D eigenvalue weighted by Gasteiger charge is -2.07. The largest absolute Gasteiger partial charge is 0.399 e. The van der Waals surface area contributed by atoms with E-state index in [4.69, 9.17) is 5.73 Å². The minimum absolute atomic E-state index is 0.533. The predicted octanol–water partition coefficient (Wildman–Crippen LogP) is 3.16. The Bertz CT molecular complexity index is 509. The van der Waals surface area contributed by atoms with Gasteiger partial charge < -0.3 is 11.1 Å². The molecule has 0 aromatic heterocycles. The molecule has 88 valence electrons. The Kier molecular flexibility index (Phi) is 3.23. The SMILES string of the molecule is Nc1ccc(CNc2ccc(F)c(F)c2)cc1. The van der Waals surface area contributed by atoms with Gasteiger partial charge in [0.1, 0.15) is 0 Å². The zero-order valence-corrected chi connectivity index (χ0v) is 9.08. The van der Waals surface area contributed by atoms with Crippen molar-refractivity contribution in [2.24, 2.45) is 0 Å². The molecule has 4 heteroatoms. The Morgan fingerprint density at radius 1 is 0.941 bits per heavy atom. The minimum atomic E-state index is -0.854. The molecule has 0 radical (unpaired) electrons. The molecule has 0 spiro atoms. The normalized spacial score (nSPS) is 10.2. The predicted molar refractivity (Wildman–Crippen MR) is 64.5 cm³/mol. The average Bonchev–Trinajstić information content (AvgIpc) is 2.33. The van der Waals surface area contributed by atoms with Crippen molar-refractivity contribution in [3.63, 3.8) is 0 Å². The van der Waals surface area contributed by atoms with Gasteiger partial charge in [0.25, 0.3) is 0 Å². The van der Waals surface area contributed by atoms with Crippen molar-refractivity contribution in [1.29, 1.82) is 0 Å². The smallest absolute Gasteiger partial charge is 0.160 e. The number of nitrogen functional groups attached to an aromatic ring is 1. The molecule has 3 N–H and O–H groups in total. The number of benzene rings is 2. The number of hydrogen-bond acceptors (Lipinski definition) is 2. The monoisotopic (exact) mass is 234 g/mol. The van der Waals surface area contributed by atoms with Crippen molar-refractivity contribution in [3.8, 4) is 0 Å². The fourth-order valence-electron chi connectivity index (χ4n) is 1.45. The zero-order chi connectivity index (χ0) is 12.3. The van der Waals surface area contributed by atoms with Crippen LogP contribution in [0.15, 0.2) is 42.5 Å². The molecule has 2 nitrogen and oxygen atoms in total. The minimum Gasteiger partial charge on any atom is -0.399 e. The molecule has 0 atom stereocenters. The van der Waals surface area contributed by atoms with Crippen molar-refractivity contribution >= 4 is 11.4 Å². The standard InChI is InChI=1S/C13H12F2N2/c14-12-6-5-11(7-13(12)15)17-8-9-1-3-10(16)4-2-9/h1-7,17H,8,16H2. The molecule has 0 unspecified atom stereocenters. The molecule has 0 aliphatic heterocycles. The summed E-state index contributed by atoms with van der Waals surface area (Å²) in [5.74, 6) is -1.70. The van der Waals surface area contributed by atoms with Crippen molar-refractivity contribution < 1.29 is 8.78 Å². The van der Waals surface area contributed by atoms with Crippen LogP contribution in [0.1, 0.15) is 5.56 Å². The lowest BCUT2D eigenvalue weighted by Crippen LogP contribution is -2.00. The summed E-state index contributed by atoms with van der Waals surface area (Å²) in [5, 5.41) is 3.00. The third kappa shape index (κ3) is 2.93. The van der Waals surface area contributed by atoms with Crippen molar-refractivity contribution in [1.82, 2.24) is 0 Å². The van der Waals surface area contributed by atoms with E-state index in [2.05, 4.69) is 5.32 Å². The van der Waals surface area contributed by atoms with Crippen LogP contribution in [0.2, 0.25) is 0 Å². The molecule has 0 amide bonds. The Hall–Kier alpha value is -2.10. The summed E-state index contributed by atoms with van der Waals surface area (Å²) in [6.45, 7) is 0.533. The van der Waals surface area contributed by atoms with Gasteiger partial charge in [-0.3, -0.25) is 0 Å². The highest BCUT2D eigenvalue weighted by Crippen LogP contribution is 2.14. The van der Waals surface area contributed by atoms with Gasteiger partial charge in [-0.15, -0.1) is 0 Å². The van der Waals surface area contributed by atoms with Crippen LogP contribution in [0.3, 0.4) is 0 Å². The summed E-state index contributed by atoms with van der Waals surface area (Å²) in [5.41, 5.74) is 7.81. The molecule has 0 saturated heterocycles. The molecule has 0 fully saturated rings. The van der Waals surface area contributed by atoms with Crippen molar-refractivity contribution in [2.45, 2.75) is 6.54 Å². The van der Waals surface area contributed by atoms with Gasteiger partial charge in [0.15, 0.2) is 11.6 Å². The van der Waals surface area contributed by atoms with Gasteiger partial charge in [0.05, 0.1) is 0 Å². The Morgan fingerprint density at radius 2 is 1.65 bits per heavy atom. The first kappa shape index (κ1) is 11.4. The van der Waals surface area contributed by atoms with Crippen LogP contribution < -0.4 is 11.1 Å². The fraction of sp³-hybridized carbons (Fsp3) is 0.0769. The second-order valence-corrected chi connectivity index (χ2v) is 3.72. The third-order valence-electron chi connectivity index (χ3n) is 2.40. The zero-order valence-electron chi connectivity index (χ0n) is 9.08. The van der Waals surface area contributed by atoms with Gasteiger partial charge >= 0.3 is 0 Å². The van der Waals surface area contributed by atoms with Gasteiger partial charge in [-0.1, -0.05) is 12.1 Å². The van der Waals surface area contributed by atoms with Gasteiger partial charge in [-0.2, -0.15) is 0 Å². The number of anilines is 2. The lowest BCUT2D eigenvalue weighted by atomic mass is 10.2. The lowest BCUT2D eigenvalue weighted by molar-refractivity contribution is 0.509. The maximum absolute atomic E-state index is 12.9. The van der Waals surface area contributed by atoms with Crippen LogP contribution in [-0.4, -0.2) is 0 Å². The molecule has 0 aliphatic rings. The number of hydrogen-bond donors (Lipinski definition) is 2. The van der Waals surface area contributed by atoms with E-state index in [1.807, 2.05) is 12.1 Å². The fourth-order valence-corrected chi connectivity index (χ4v) is 1.45. The highest BCUT2D eigenvalue weighted by atomic mass is 19.2. The van der Waals surface area contributed by atoms with E-state index in [-0.39, 0.29) is 0 Å². The van der Waals surface area contributed by atoms with Crippen LogP contribution in [0.4, 0.5) is 20.2 Å². The van der Waals surface area contributed by atoms with Gasteiger partial charge in [-0.25, -0.2) is 8.78 Å². The average molecular weight is 234 g/mol. The summed E-state index contributed by atoms with van der Waals surface area (Å²) in [7, 11) is 0. The van der Waals surface area contributed by atoms with E-state index in [0.29, 0.717) is 17.9 Å². The Morgan fingerprint density at radius 3 is 2.29 bits per heavy atom. The number of rotatable bonds is 3. The molecule has 2 aromatic carbocycles. The van der Waals surface area contributed by atoms with Crippen LogP contribution in [0.25, 0.3) is 0 Å². The molecule has 0 bridgehead atoms. The van der Waals surface area contributed by atoms with E-state index < -0.39 is 11.6 Å². The Balaban J connectivity index is 2.02. The summed E-state index contributed by atoms with van der Waals surface area (Å²) in [6.07, 6.45) is 0. The number of halogens is 2. The quantitative estimate of drug-likeness (QED) is 0.800. The summed E-state index contributed by atoms with van der Waals surface area (Å²) in [4.78, 5) is 0. The number of nitrogens with two attached hydrogens (primary N) is 1. The van der Waals surface area contributed by atoms with E-state index in [9.17, 15) is 8.78 Å². The van der Waals surface area contributed by atoms with E-state index in [0.717, 1.165) is 17.7 Å². The molecule has 0 saturated carbocycles. The van der Waals surface area contributed by atoms with Crippen LogP contribution in [0, 0.1) is 11.6 Å². The van der Waals surface area contributed by atoms with E-state index in [1.165, 1.54) is 6.07 Å². The van der Waals surface area contributed by atoms with Crippen LogP contribution in [-0.2, 0) is 6.54 Å². The van der Waals surface area contributed by atoms with Gasteiger partial charge in [-0.05, 0) is 29.8 Å². The molecule has 17 heavy (non-hydrogen) atoms. The second-order valence-electron chi connectivity index (χ2n) is 3.72. The molecule has 2 aromatic rings. The highest BCUT2D eigenvalue weighted by Gasteiger charge is 2.01. The summed E-state index contributed by atoms with van der Waals surface area (Å²) in [6, 6.07) is 11.1. The molecule has 0 aliphatic carbocycles. The van der Waals surface area contributed by atoms with Gasteiger partial charge in [0.2, 0.25) is 0 Å². The van der Waals surface area contributed by atoms with Crippen LogP contribution >= 0.6 is 0 Å².